The van der Waals surface area contributed by atoms with Crippen LogP contribution in [0.2, 0.25) is 0 Å². The molecule has 3 rings (SSSR count). The number of rotatable bonds is 6. The highest BCUT2D eigenvalue weighted by atomic mass is 16.4. The van der Waals surface area contributed by atoms with E-state index in [0.717, 1.165) is 16.7 Å². The first-order valence-electron chi connectivity index (χ1n) is 9.16. The number of carboxylic acids is 1. The molecule has 0 spiro atoms. The maximum absolute atomic E-state index is 12.2. The largest absolute Gasteiger partial charge is 0.545 e. The second kappa shape index (κ2) is 9.33. The summed E-state index contributed by atoms with van der Waals surface area (Å²) in [6.07, 6.45) is 4.72. The first-order valence-corrected chi connectivity index (χ1v) is 9.16. The van der Waals surface area contributed by atoms with E-state index in [1.54, 1.807) is 30.4 Å². The van der Waals surface area contributed by atoms with E-state index in [2.05, 4.69) is 5.32 Å². The van der Waals surface area contributed by atoms with E-state index in [4.69, 9.17) is 0 Å². The highest BCUT2D eigenvalue weighted by Crippen LogP contribution is 2.25. The molecule has 0 aliphatic heterocycles. The van der Waals surface area contributed by atoms with Gasteiger partial charge in [-0.3, -0.25) is 4.79 Å². The molecule has 1 N–H and O–H groups in total. The number of aryl methyl sites for hydroxylation is 1. The molecule has 0 bridgehead atoms. The van der Waals surface area contributed by atoms with Crippen LogP contribution in [0.1, 0.15) is 22.3 Å². The molecule has 4 nitrogen and oxygen atoms in total. The van der Waals surface area contributed by atoms with Crippen LogP contribution in [0.4, 0.5) is 5.69 Å². The van der Waals surface area contributed by atoms with Crippen molar-refractivity contribution in [2.75, 3.05) is 5.32 Å². The highest BCUT2D eigenvalue weighted by Gasteiger charge is 2.09. The summed E-state index contributed by atoms with van der Waals surface area (Å²) >= 11 is 0. The van der Waals surface area contributed by atoms with Crippen molar-refractivity contribution in [3.8, 4) is 0 Å². The molecular weight excluding hydrogens is 362 g/mol. The third-order valence-corrected chi connectivity index (χ3v) is 4.35. The number of anilines is 1. The Morgan fingerprint density at radius 1 is 0.862 bits per heavy atom. The Hall–Kier alpha value is -3.92. The fourth-order valence-electron chi connectivity index (χ4n) is 2.87. The van der Waals surface area contributed by atoms with Gasteiger partial charge in [-0.1, -0.05) is 66.7 Å². The number of amides is 1. The minimum absolute atomic E-state index is 0.0598. The smallest absolute Gasteiger partial charge is 0.248 e. The number of carbonyl (C=O) groups excluding carboxylic acids is 2. The Morgan fingerprint density at radius 2 is 1.48 bits per heavy atom. The third-order valence-electron chi connectivity index (χ3n) is 4.35. The van der Waals surface area contributed by atoms with Crippen molar-refractivity contribution in [3.63, 3.8) is 0 Å². The second-order valence-corrected chi connectivity index (χ2v) is 6.52. The molecule has 3 aromatic rings. The molecule has 0 atom stereocenters. The van der Waals surface area contributed by atoms with Gasteiger partial charge in [-0.25, -0.2) is 0 Å². The number of nitrogens with one attached hydrogen (secondary N) is 1. The summed E-state index contributed by atoms with van der Waals surface area (Å²) < 4.78 is 0. The molecule has 0 radical (unpaired) electrons. The summed E-state index contributed by atoms with van der Waals surface area (Å²) in [5.74, 6) is -1.57. The van der Waals surface area contributed by atoms with Gasteiger partial charge in [0, 0.05) is 17.3 Å². The second-order valence-electron chi connectivity index (χ2n) is 6.52. The summed E-state index contributed by atoms with van der Waals surface area (Å²) in [6, 6.07) is 23.8. The third kappa shape index (κ3) is 5.53. The van der Waals surface area contributed by atoms with E-state index < -0.39 is 5.97 Å². The lowest BCUT2D eigenvalue weighted by molar-refractivity contribution is -0.295. The summed E-state index contributed by atoms with van der Waals surface area (Å²) in [4.78, 5) is 24.0. The van der Waals surface area contributed by atoms with Crippen molar-refractivity contribution < 1.29 is 14.7 Å². The van der Waals surface area contributed by atoms with Gasteiger partial charge in [0.1, 0.15) is 0 Å². The Balaban J connectivity index is 1.85. The van der Waals surface area contributed by atoms with E-state index >= 15 is 0 Å². The minimum atomic E-state index is -1.27. The van der Waals surface area contributed by atoms with E-state index in [0.29, 0.717) is 11.3 Å². The van der Waals surface area contributed by atoms with Gasteiger partial charge in [-0.2, -0.15) is 0 Å². The number of aliphatic carboxylic acids is 1. The van der Waals surface area contributed by atoms with Gasteiger partial charge in [0.05, 0.1) is 5.97 Å². The molecule has 0 unspecified atom stereocenters. The normalized spacial score (nSPS) is 11.4. The lowest BCUT2D eigenvalue weighted by atomic mass is 9.97. The van der Waals surface area contributed by atoms with Crippen molar-refractivity contribution >= 4 is 35.3 Å². The lowest BCUT2D eigenvalue weighted by Gasteiger charge is -2.14. The fourth-order valence-corrected chi connectivity index (χ4v) is 2.87. The number of carboxylic acid groups (broad SMARTS) is 1. The van der Waals surface area contributed by atoms with Crippen LogP contribution in [0.25, 0.3) is 17.7 Å². The maximum Gasteiger partial charge on any atom is 0.248 e. The van der Waals surface area contributed by atoms with Crippen molar-refractivity contribution in [3.05, 3.63) is 107 Å². The maximum atomic E-state index is 12.2. The van der Waals surface area contributed by atoms with Crippen LogP contribution in [0, 0.1) is 6.92 Å². The van der Waals surface area contributed by atoms with Gasteiger partial charge in [0.2, 0.25) is 5.91 Å². The molecule has 0 saturated heterocycles. The number of hydrogen-bond donors (Lipinski definition) is 1. The van der Waals surface area contributed by atoms with Gasteiger partial charge < -0.3 is 15.2 Å². The molecule has 0 saturated carbocycles. The van der Waals surface area contributed by atoms with E-state index in [1.807, 2.05) is 67.6 Å². The van der Waals surface area contributed by atoms with Crippen LogP contribution in [0.5, 0.6) is 0 Å². The standard InChI is InChI=1S/C25H21NO3/c1-18-12-14-21(26-24(27)15-13-19-8-4-2-5-9-19)17-22(18)23(25(28)29)16-20-10-6-3-7-11-20/h2-17H,1H3,(H,26,27)(H,28,29)/p-1/b15-13+,23-16-. The summed E-state index contributed by atoms with van der Waals surface area (Å²) in [5.41, 5.74) is 3.51. The van der Waals surface area contributed by atoms with Crippen LogP contribution in [-0.4, -0.2) is 11.9 Å². The van der Waals surface area contributed by atoms with Gasteiger partial charge in [-0.15, -0.1) is 0 Å². The molecular formula is C25H20NO3-. The van der Waals surface area contributed by atoms with Crippen molar-refractivity contribution in [1.29, 1.82) is 0 Å². The molecule has 29 heavy (non-hydrogen) atoms. The Labute approximate surface area is 169 Å². The Morgan fingerprint density at radius 3 is 2.10 bits per heavy atom. The van der Waals surface area contributed by atoms with Gasteiger partial charge in [-0.05, 0) is 53.5 Å². The average molecular weight is 382 g/mol. The number of hydrogen-bond acceptors (Lipinski definition) is 3. The van der Waals surface area contributed by atoms with Crippen molar-refractivity contribution in [1.82, 2.24) is 0 Å². The zero-order chi connectivity index (χ0) is 20.6. The monoisotopic (exact) mass is 382 g/mol. The van der Waals surface area contributed by atoms with Crippen LogP contribution in [-0.2, 0) is 9.59 Å². The Bertz CT molecular complexity index is 1070. The summed E-state index contributed by atoms with van der Waals surface area (Å²) in [7, 11) is 0. The van der Waals surface area contributed by atoms with Crippen LogP contribution >= 0.6 is 0 Å². The molecule has 0 aromatic heterocycles. The number of benzene rings is 3. The van der Waals surface area contributed by atoms with Crippen LogP contribution in [0.15, 0.2) is 84.9 Å². The van der Waals surface area contributed by atoms with E-state index in [9.17, 15) is 14.7 Å². The molecule has 1 amide bonds. The SMILES string of the molecule is Cc1ccc(NC(=O)/C=C/c2ccccc2)cc1/C(=C/c1ccccc1)C(=O)[O-]. The van der Waals surface area contributed by atoms with Crippen molar-refractivity contribution in [2.45, 2.75) is 6.92 Å². The molecule has 0 aliphatic carbocycles. The average Bonchev–Trinajstić information content (AvgIpc) is 2.73. The van der Waals surface area contributed by atoms with E-state index in [-0.39, 0.29) is 11.5 Å². The van der Waals surface area contributed by atoms with E-state index in [1.165, 1.54) is 6.08 Å². The summed E-state index contributed by atoms with van der Waals surface area (Å²) in [6.45, 7) is 1.82. The highest BCUT2D eigenvalue weighted by molar-refractivity contribution is 6.20. The molecule has 0 aliphatic rings. The fraction of sp³-hybridized carbons (Fsp3) is 0.0400. The van der Waals surface area contributed by atoms with Gasteiger partial charge in [0.15, 0.2) is 0 Å². The molecule has 0 fully saturated rings. The summed E-state index contributed by atoms with van der Waals surface area (Å²) in [5, 5.41) is 14.5. The topological polar surface area (TPSA) is 69.2 Å². The first-order chi connectivity index (χ1) is 14.0. The molecule has 4 heteroatoms. The van der Waals surface area contributed by atoms with Crippen LogP contribution in [0.3, 0.4) is 0 Å². The van der Waals surface area contributed by atoms with Crippen LogP contribution < -0.4 is 10.4 Å². The van der Waals surface area contributed by atoms with Gasteiger partial charge in [0.25, 0.3) is 0 Å². The molecule has 0 heterocycles. The predicted molar refractivity (Wildman–Crippen MR) is 115 cm³/mol. The minimum Gasteiger partial charge on any atom is -0.545 e. The Kier molecular flexibility index (Phi) is 6.38. The van der Waals surface area contributed by atoms with Crippen molar-refractivity contribution in [2.24, 2.45) is 0 Å². The lowest BCUT2D eigenvalue weighted by Crippen LogP contribution is -2.24. The predicted octanol–water partition coefficient (Wildman–Crippen LogP) is 3.94. The van der Waals surface area contributed by atoms with Gasteiger partial charge >= 0.3 is 0 Å². The quantitative estimate of drug-likeness (QED) is 0.519. The first kappa shape index (κ1) is 19.8. The molecule has 3 aromatic carbocycles. The zero-order valence-corrected chi connectivity index (χ0v) is 16.0. The zero-order valence-electron chi connectivity index (χ0n) is 16.0. The number of carbonyl (C=O) groups is 2. The molecule has 144 valence electrons.